The van der Waals surface area contributed by atoms with Crippen molar-refractivity contribution in [1.82, 2.24) is 10.2 Å². The van der Waals surface area contributed by atoms with Gasteiger partial charge in [0.25, 0.3) is 0 Å². The standard InChI is InChI=1S/C22H25Cl2FN2O3/c23-19-6-5-18(12-20(19)24)30-15-22(29)7-2-9-27(10-8-22)14-21(28)26-13-16-3-1-4-17(25)11-16/h1,3-6,11-12,29H,2,7-10,13-15H2,(H,26,28). The predicted octanol–water partition coefficient (Wildman–Crippen LogP) is 4.04. The largest absolute Gasteiger partial charge is 0.491 e. The van der Waals surface area contributed by atoms with Crippen LogP contribution in [0.5, 0.6) is 5.75 Å². The van der Waals surface area contributed by atoms with Gasteiger partial charge in [-0.05, 0) is 55.6 Å². The highest BCUT2D eigenvalue weighted by molar-refractivity contribution is 6.42. The first-order chi connectivity index (χ1) is 14.3. The van der Waals surface area contributed by atoms with Gasteiger partial charge in [0, 0.05) is 19.2 Å². The fraction of sp³-hybridized carbons (Fsp3) is 0.409. The van der Waals surface area contributed by atoms with Gasteiger partial charge in [-0.1, -0.05) is 35.3 Å². The average molecular weight is 455 g/mol. The molecule has 1 amide bonds. The van der Waals surface area contributed by atoms with Crippen LogP contribution in [-0.2, 0) is 11.3 Å². The lowest BCUT2D eigenvalue weighted by molar-refractivity contribution is -0.122. The van der Waals surface area contributed by atoms with Crippen molar-refractivity contribution >= 4 is 29.1 Å². The summed E-state index contributed by atoms with van der Waals surface area (Å²) in [6, 6.07) is 11.1. The first kappa shape index (κ1) is 22.8. The van der Waals surface area contributed by atoms with Crippen molar-refractivity contribution in [3.8, 4) is 5.75 Å². The molecule has 3 rings (SSSR count). The van der Waals surface area contributed by atoms with Crippen molar-refractivity contribution < 1.29 is 19.0 Å². The van der Waals surface area contributed by atoms with E-state index in [1.54, 1.807) is 30.3 Å². The Balaban J connectivity index is 1.45. The van der Waals surface area contributed by atoms with Crippen LogP contribution in [0, 0.1) is 5.82 Å². The van der Waals surface area contributed by atoms with Crippen LogP contribution in [-0.4, -0.2) is 47.8 Å². The van der Waals surface area contributed by atoms with Gasteiger partial charge >= 0.3 is 0 Å². The van der Waals surface area contributed by atoms with Gasteiger partial charge in [0.1, 0.15) is 18.2 Å². The van der Waals surface area contributed by atoms with E-state index >= 15 is 0 Å². The Morgan fingerprint density at radius 1 is 1.17 bits per heavy atom. The fourth-order valence-corrected chi connectivity index (χ4v) is 3.72. The molecule has 30 heavy (non-hydrogen) atoms. The lowest BCUT2D eigenvalue weighted by Gasteiger charge is -2.27. The van der Waals surface area contributed by atoms with E-state index < -0.39 is 5.60 Å². The van der Waals surface area contributed by atoms with Gasteiger partial charge in [-0.3, -0.25) is 9.69 Å². The highest BCUT2D eigenvalue weighted by atomic mass is 35.5. The van der Waals surface area contributed by atoms with Crippen LogP contribution >= 0.6 is 23.2 Å². The Bertz CT molecular complexity index is 883. The van der Waals surface area contributed by atoms with Crippen LogP contribution in [0.1, 0.15) is 24.8 Å². The first-order valence-electron chi connectivity index (χ1n) is 9.87. The number of likely N-dealkylation sites (tertiary alicyclic amines) is 1. The number of ether oxygens (including phenoxy) is 1. The van der Waals surface area contributed by atoms with Crippen molar-refractivity contribution in [3.05, 3.63) is 63.9 Å². The molecule has 1 fully saturated rings. The zero-order chi connectivity index (χ0) is 21.6. The minimum absolute atomic E-state index is 0.128. The molecule has 0 spiro atoms. The van der Waals surface area contributed by atoms with Crippen LogP contribution in [0.15, 0.2) is 42.5 Å². The maximum absolute atomic E-state index is 13.2. The van der Waals surface area contributed by atoms with Crippen molar-refractivity contribution in [2.24, 2.45) is 0 Å². The third-order valence-electron chi connectivity index (χ3n) is 5.15. The molecule has 162 valence electrons. The van der Waals surface area contributed by atoms with E-state index in [-0.39, 0.29) is 31.4 Å². The maximum Gasteiger partial charge on any atom is 0.234 e. The van der Waals surface area contributed by atoms with Gasteiger partial charge < -0.3 is 15.2 Å². The zero-order valence-electron chi connectivity index (χ0n) is 16.5. The molecule has 1 saturated heterocycles. The Hall–Kier alpha value is -1.86. The number of carbonyl (C=O) groups excluding carboxylic acids is 1. The summed E-state index contributed by atoms with van der Waals surface area (Å²) in [4.78, 5) is 14.3. The second kappa shape index (κ2) is 10.4. The Morgan fingerprint density at radius 3 is 2.77 bits per heavy atom. The monoisotopic (exact) mass is 454 g/mol. The molecule has 0 aromatic heterocycles. The van der Waals surface area contributed by atoms with E-state index in [4.69, 9.17) is 27.9 Å². The number of amides is 1. The highest BCUT2D eigenvalue weighted by Gasteiger charge is 2.31. The Kier molecular flexibility index (Phi) is 7.94. The smallest absolute Gasteiger partial charge is 0.234 e. The molecule has 0 aliphatic carbocycles. The van der Waals surface area contributed by atoms with E-state index in [9.17, 15) is 14.3 Å². The molecule has 8 heteroatoms. The summed E-state index contributed by atoms with van der Waals surface area (Å²) in [6.45, 7) is 1.95. The number of nitrogens with zero attached hydrogens (tertiary/aromatic N) is 1. The lowest BCUT2D eigenvalue weighted by atomic mass is 9.96. The van der Waals surface area contributed by atoms with Crippen LogP contribution < -0.4 is 10.1 Å². The molecule has 2 aromatic carbocycles. The number of carbonyl (C=O) groups is 1. The summed E-state index contributed by atoms with van der Waals surface area (Å²) in [5.41, 5.74) is -0.258. The van der Waals surface area contributed by atoms with E-state index in [1.807, 2.05) is 4.90 Å². The molecule has 0 radical (unpaired) electrons. The molecule has 1 aliphatic rings. The maximum atomic E-state index is 13.2. The molecule has 1 atom stereocenters. The van der Waals surface area contributed by atoms with E-state index in [2.05, 4.69) is 5.32 Å². The van der Waals surface area contributed by atoms with Gasteiger partial charge in [0.2, 0.25) is 5.91 Å². The Morgan fingerprint density at radius 2 is 2.00 bits per heavy atom. The zero-order valence-corrected chi connectivity index (χ0v) is 18.1. The van der Waals surface area contributed by atoms with E-state index in [1.165, 1.54) is 12.1 Å². The molecular weight excluding hydrogens is 430 g/mol. The van der Waals surface area contributed by atoms with Gasteiger partial charge in [-0.2, -0.15) is 0 Å². The molecule has 0 bridgehead atoms. The third kappa shape index (κ3) is 6.84. The molecule has 1 aliphatic heterocycles. The molecule has 2 aromatic rings. The quantitative estimate of drug-likeness (QED) is 0.662. The summed E-state index contributed by atoms with van der Waals surface area (Å²) in [5, 5.41) is 14.6. The van der Waals surface area contributed by atoms with E-state index in [0.717, 1.165) is 6.42 Å². The van der Waals surface area contributed by atoms with Crippen molar-refractivity contribution in [2.75, 3.05) is 26.2 Å². The highest BCUT2D eigenvalue weighted by Crippen LogP contribution is 2.28. The molecule has 2 N–H and O–H groups in total. The summed E-state index contributed by atoms with van der Waals surface area (Å²) in [6.07, 6.45) is 1.82. The molecule has 0 saturated carbocycles. The number of benzene rings is 2. The van der Waals surface area contributed by atoms with Crippen LogP contribution in [0.3, 0.4) is 0 Å². The predicted molar refractivity (Wildman–Crippen MR) is 115 cm³/mol. The minimum atomic E-state index is -0.973. The number of rotatable bonds is 7. The fourth-order valence-electron chi connectivity index (χ4n) is 3.43. The lowest BCUT2D eigenvalue weighted by Crippen LogP contribution is -2.40. The second-order valence-electron chi connectivity index (χ2n) is 7.63. The number of hydrogen-bond donors (Lipinski definition) is 2. The topological polar surface area (TPSA) is 61.8 Å². The SMILES string of the molecule is O=C(CN1CCCC(O)(COc2ccc(Cl)c(Cl)c2)CC1)NCc1cccc(F)c1. The first-order valence-corrected chi connectivity index (χ1v) is 10.6. The van der Waals surface area contributed by atoms with Crippen molar-refractivity contribution in [3.63, 3.8) is 0 Å². The van der Waals surface area contributed by atoms with Crippen LogP contribution in [0.25, 0.3) is 0 Å². The molecule has 1 unspecified atom stereocenters. The second-order valence-corrected chi connectivity index (χ2v) is 8.44. The minimum Gasteiger partial charge on any atom is -0.491 e. The summed E-state index contributed by atoms with van der Waals surface area (Å²) < 4.78 is 19.0. The Labute approximate surface area is 185 Å². The summed E-state index contributed by atoms with van der Waals surface area (Å²) in [5.74, 6) is 0.101. The summed E-state index contributed by atoms with van der Waals surface area (Å²) in [7, 11) is 0. The third-order valence-corrected chi connectivity index (χ3v) is 5.89. The molecule has 1 heterocycles. The normalized spacial score (nSPS) is 19.9. The molecule has 5 nitrogen and oxygen atoms in total. The van der Waals surface area contributed by atoms with Crippen molar-refractivity contribution in [1.29, 1.82) is 0 Å². The van der Waals surface area contributed by atoms with Crippen LogP contribution in [0.4, 0.5) is 4.39 Å². The van der Waals surface area contributed by atoms with Gasteiger partial charge in [-0.25, -0.2) is 4.39 Å². The summed E-state index contributed by atoms with van der Waals surface area (Å²) >= 11 is 11.9. The number of halogens is 3. The number of aliphatic hydroxyl groups is 1. The molecular formula is C22H25Cl2FN2O3. The number of hydrogen-bond acceptors (Lipinski definition) is 4. The van der Waals surface area contributed by atoms with Crippen molar-refractivity contribution in [2.45, 2.75) is 31.4 Å². The van der Waals surface area contributed by atoms with Crippen LogP contribution in [0.2, 0.25) is 10.0 Å². The van der Waals surface area contributed by atoms with Gasteiger partial charge in [0.05, 0.1) is 22.2 Å². The van der Waals surface area contributed by atoms with E-state index in [0.29, 0.717) is 47.3 Å². The van der Waals surface area contributed by atoms with Gasteiger partial charge in [-0.15, -0.1) is 0 Å². The average Bonchev–Trinajstić information content (AvgIpc) is 2.89. The number of nitrogens with one attached hydrogen (secondary N) is 1. The van der Waals surface area contributed by atoms with Gasteiger partial charge in [0.15, 0.2) is 0 Å².